The van der Waals surface area contributed by atoms with Crippen LogP contribution in [0.5, 0.6) is 0 Å². The topological polar surface area (TPSA) is 184 Å². The summed E-state index contributed by atoms with van der Waals surface area (Å²) in [4.78, 5) is 72.1. The number of hydrogen-bond donors (Lipinski definition) is 3. The monoisotopic (exact) mass is 730 g/mol. The maximum absolute atomic E-state index is 13.9. The Hall–Kier alpha value is -4.08. The van der Waals surface area contributed by atoms with Crippen molar-refractivity contribution >= 4 is 45.6 Å². The van der Waals surface area contributed by atoms with Gasteiger partial charge in [0.2, 0.25) is 21.8 Å². The van der Waals surface area contributed by atoms with E-state index in [-0.39, 0.29) is 37.3 Å². The minimum absolute atomic E-state index is 0.0500. The highest BCUT2D eigenvalue weighted by molar-refractivity contribution is 7.91. The second kappa shape index (κ2) is 14.2. The zero-order valence-corrected chi connectivity index (χ0v) is 30.7. The van der Waals surface area contributed by atoms with Gasteiger partial charge in [-0.15, -0.1) is 0 Å². The first-order chi connectivity index (χ1) is 24.1. The van der Waals surface area contributed by atoms with Crippen LogP contribution >= 0.6 is 0 Å². The van der Waals surface area contributed by atoms with Gasteiger partial charge in [0.25, 0.3) is 5.91 Å². The molecular weight excluding hydrogens is 680 g/mol. The third-order valence-corrected chi connectivity index (χ3v) is 12.7. The molecule has 0 radical (unpaired) electrons. The lowest BCUT2D eigenvalue weighted by molar-refractivity contribution is -0.139. The molecule has 1 saturated heterocycles. The Morgan fingerprint density at radius 3 is 2.57 bits per heavy atom. The number of benzene rings is 1. The van der Waals surface area contributed by atoms with Gasteiger partial charge < -0.3 is 29.9 Å². The summed E-state index contributed by atoms with van der Waals surface area (Å²) in [6, 6.07) is 4.86. The summed E-state index contributed by atoms with van der Waals surface area (Å²) in [6.45, 7) is 6.96. The molecular formula is C35H50N6O9S. The molecule has 0 aromatic heterocycles. The number of amides is 5. The van der Waals surface area contributed by atoms with Crippen LogP contribution in [0.3, 0.4) is 0 Å². The number of carbonyl (C=O) groups is 5. The summed E-state index contributed by atoms with van der Waals surface area (Å²) in [6.07, 6.45) is 2.10. The maximum atomic E-state index is 13.9. The second-order valence-electron chi connectivity index (χ2n) is 15.5. The van der Waals surface area contributed by atoms with E-state index in [1.165, 1.54) is 4.90 Å². The van der Waals surface area contributed by atoms with E-state index < -0.39 is 69.4 Å². The molecule has 5 amide bonds. The molecule has 6 rings (SSSR count). The molecule has 3 N–H and O–H groups in total. The molecule has 15 nitrogen and oxygen atoms in total. The van der Waals surface area contributed by atoms with Crippen LogP contribution in [0.1, 0.15) is 83.3 Å². The molecule has 1 aromatic carbocycles. The lowest BCUT2D eigenvalue weighted by Gasteiger charge is -2.27. The third-order valence-electron chi connectivity index (χ3n) is 10.9. The summed E-state index contributed by atoms with van der Waals surface area (Å²) in [5.74, 6) is -2.36. The van der Waals surface area contributed by atoms with E-state index in [4.69, 9.17) is 9.47 Å². The van der Waals surface area contributed by atoms with Gasteiger partial charge >= 0.3 is 12.2 Å². The minimum Gasteiger partial charge on any atom is -0.449 e. The van der Waals surface area contributed by atoms with Crippen LogP contribution in [-0.2, 0) is 47.0 Å². The maximum Gasteiger partial charge on any atom is 0.410 e. The second-order valence-corrected chi connectivity index (χ2v) is 17.5. The van der Waals surface area contributed by atoms with Gasteiger partial charge in [-0.1, -0.05) is 45.7 Å². The molecule has 4 atom stereocenters. The van der Waals surface area contributed by atoms with Gasteiger partial charge in [0.1, 0.15) is 24.2 Å². The third kappa shape index (κ3) is 8.05. The predicted molar refractivity (Wildman–Crippen MR) is 186 cm³/mol. The summed E-state index contributed by atoms with van der Waals surface area (Å²) in [5.41, 5.74) is 1.37. The number of hydrogen-bond acceptors (Lipinski definition) is 10. The fourth-order valence-electron chi connectivity index (χ4n) is 7.52. The van der Waals surface area contributed by atoms with Gasteiger partial charge in [-0.3, -0.25) is 24.0 Å². The van der Waals surface area contributed by atoms with Crippen molar-refractivity contribution < 1.29 is 41.9 Å². The van der Waals surface area contributed by atoms with E-state index in [0.29, 0.717) is 32.4 Å². The molecule has 2 saturated carbocycles. The van der Waals surface area contributed by atoms with Crippen molar-refractivity contribution in [3.05, 3.63) is 29.3 Å². The van der Waals surface area contributed by atoms with Crippen molar-refractivity contribution in [2.45, 2.75) is 108 Å². The number of sulfonamides is 1. The van der Waals surface area contributed by atoms with Crippen LogP contribution < -0.4 is 20.3 Å². The zero-order chi connectivity index (χ0) is 36.7. The van der Waals surface area contributed by atoms with E-state index in [0.717, 1.165) is 42.6 Å². The van der Waals surface area contributed by atoms with Crippen LogP contribution in [0, 0.1) is 11.3 Å². The summed E-state index contributed by atoms with van der Waals surface area (Å²) in [5, 5.41) is 4.64. The van der Waals surface area contributed by atoms with Crippen molar-refractivity contribution in [2.75, 3.05) is 38.2 Å². The first-order valence-electron chi connectivity index (χ1n) is 18.0. The number of ether oxygens (including phenoxy) is 2. The Kier molecular flexibility index (Phi) is 10.2. The van der Waals surface area contributed by atoms with Gasteiger partial charge in [-0.2, -0.15) is 0 Å². The number of fused-ring (bicyclic) bond motifs is 3. The Morgan fingerprint density at radius 2 is 1.86 bits per heavy atom. The Morgan fingerprint density at radius 1 is 1.10 bits per heavy atom. The largest absolute Gasteiger partial charge is 0.449 e. The van der Waals surface area contributed by atoms with Crippen LogP contribution in [-0.4, -0.2) is 104 Å². The van der Waals surface area contributed by atoms with E-state index in [9.17, 15) is 32.4 Å². The molecule has 0 spiro atoms. The molecule has 3 fully saturated rings. The zero-order valence-electron chi connectivity index (χ0n) is 29.9. The van der Waals surface area contributed by atoms with Crippen molar-refractivity contribution in [2.24, 2.45) is 11.3 Å². The molecule has 3 aliphatic heterocycles. The number of cyclic esters (lactones) is 1. The van der Waals surface area contributed by atoms with Gasteiger partial charge in [0.15, 0.2) is 0 Å². The number of carbonyl (C=O) groups excluding carboxylic acids is 5. The van der Waals surface area contributed by atoms with Crippen molar-refractivity contribution in [1.82, 2.24) is 25.2 Å². The average molecular weight is 731 g/mol. The van der Waals surface area contributed by atoms with Crippen molar-refractivity contribution in [3.8, 4) is 0 Å². The van der Waals surface area contributed by atoms with E-state index in [1.54, 1.807) is 4.90 Å². The highest BCUT2D eigenvalue weighted by atomic mass is 32.2. The molecule has 4 bridgehead atoms. The van der Waals surface area contributed by atoms with Crippen molar-refractivity contribution in [1.29, 1.82) is 0 Å². The lowest BCUT2D eigenvalue weighted by Crippen LogP contribution is -2.57. The molecule has 5 aliphatic rings. The fraction of sp³-hybridized carbons (Fsp3) is 0.686. The summed E-state index contributed by atoms with van der Waals surface area (Å²) >= 11 is 0. The average Bonchev–Trinajstić information content (AvgIpc) is 3.98. The highest BCUT2D eigenvalue weighted by Crippen LogP contribution is 2.47. The Balaban J connectivity index is 1.21. The quantitative estimate of drug-likeness (QED) is 0.393. The summed E-state index contributed by atoms with van der Waals surface area (Å²) in [7, 11) is -1.83. The molecule has 3 heterocycles. The highest BCUT2D eigenvalue weighted by Gasteiger charge is 2.62. The smallest absolute Gasteiger partial charge is 0.410 e. The van der Waals surface area contributed by atoms with Crippen LogP contribution in [0.25, 0.3) is 0 Å². The van der Waals surface area contributed by atoms with E-state index >= 15 is 0 Å². The van der Waals surface area contributed by atoms with Gasteiger partial charge in [-0.25, -0.2) is 18.0 Å². The predicted octanol–water partition coefficient (Wildman–Crippen LogP) is 2.37. The lowest BCUT2D eigenvalue weighted by atomic mass is 9.88. The molecule has 16 heteroatoms. The number of rotatable bonds is 6. The first-order valence-corrected chi connectivity index (χ1v) is 19.5. The molecule has 1 aromatic rings. The van der Waals surface area contributed by atoms with Crippen LogP contribution in [0.15, 0.2) is 18.2 Å². The summed E-state index contributed by atoms with van der Waals surface area (Å²) < 4.78 is 38.7. The molecule has 280 valence electrons. The van der Waals surface area contributed by atoms with E-state index in [1.807, 2.05) is 46.0 Å². The molecule has 51 heavy (non-hydrogen) atoms. The van der Waals surface area contributed by atoms with Crippen LogP contribution in [0.2, 0.25) is 0 Å². The van der Waals surface area contributed by atoms with Gasteiger partial charge in [0.05, 0.1) is 24.9 Å². The standard InChI is InChI=1S/C35H50N6O9S/c1-5-23-16-35(23,31(44)38-51(47,48)25-11-12-25)37-30(43)28-15-24-19-41(28)29(42)17-36-32(45)49-21-34(2,3)13-6-7-14-39(4)27-10-8-9-22-18-40(20-26(22)27)33(46)50-24/h8-10,23-25,28H,5-7,11-21H2,1-4H3,(H,36,45)(H,37,43)(H,38,44). The number of nitrogens with one attached hydrogen (secondary N) is 3. The Labute approximate surface area is 299 Å². The Bertz CT molecular complexity index is 1680. The molecule has 2 aliphatic carbocycles. The minimum atomic E-state index is -3.86. The number of anilines is 1. The van der Waals surface area contributed by atoms with E-state index in [2.05, 4.69) is 20.3 Å². The van der Waals surface area contributed by atoms with Crippen LogP contribution in [0.4, 0.5) is 15.3 Å². The number of alkyl carbamates (subject to hydrolysis) is 1. The van der Waals surface area contributed by atoms with Gasteiger partial charge in [-0.05, 0) is 60.6 Å². The van der Waals surface area contributed by atoms with Gasteiger partial charge in [0, 0.05) is 32.2 Å². The molecule has 4 unspecified atom stereocenters. The SMILES string of the molecule is CCC1CC1(NC(=O)C1CC2CN1C(=O)CNC(=O)OCC(C)(C)CCCCN(C)c1cccc3c1CN(C3)C(=O)O2)C(=O)NS(=O)(=O)C1CC1. The number of nitrogens with zero attached hydrogens (tertiary/aromatic N) is 3. The van der Waals surface area contributed by atoms with Crippen molar-refractivity contribution in [3.63, 3.8) is 0 Å². The first kappa shape index (κ1) is 36.7. The normalized spacial score (nSPS) is 28.6. The fourth-order valence-corrected chi connectivity index (χ4v) is 8.88.